The maximum absolute atomic E-state index is 11.9. The average molecular weight is 352 g/mol. The smallest absolute Gasteiger partial charge is 0.312 e. The maximum Gasteiger partial charge on any atom is 0.312 e. The van der Waals surface area contributed by atoms with Gasteiger partial charge in [-0.2, -0.15) is 5.26 Å². The molecule has 1 heterocycles. The SMILES string of the molecule is N#Cc1ccc(-c2ccc(OC(=O)CCN3CCSC3=O)cc2)cc1. The molecular weight excluding hydrogens is 336 g/mol. The van der Waals surface area contributed by atoms with Gasteiger partial charge < -0.3 is 9.64 Å². The Bertz CT molecular complexity index is 810. The Hall–Kier alpha value is -2.78. The van der Waals surface area contributed by atoms with Crippen molar-refractivity contribution in [3.63, 3.8) is 0 Å². The Morgan fingerprint density at radius 3 is 2.32 bits per heavy atom. The van der Waals surface area contributed by atoms with Crippen LogP contribution in [-0.4, -0.2) is 35.0 Å². The van der Waals surface area contributed by atoms with Crippen molar-refractivity contribution in [3.8, 4) is 22.9 Å². The third-order valence-electron chi connectivity index (χ3n) is 3.86. The Kier molecular flexibility index (Phi) is 5.36. The van der Waals surface area contributed by atoms with Gasteiger partial charge in [-0.1, -0.05) is 36.0 Å². The molecule has 0 aromatic heterocycles. The molecule has 2 aromatic carbocycles. The van der Waals surface area contributed by atoms with Crippen molar-refractivity contribution in [1.29, 1.82) is 5.26 Å². The first-order chi connectivity index (χ1) is 12.2. The molecule has 126 valence electrons. The van der Waals surface area contributed by atoms with Crippen molar-refractivity contribution in [3.05, 3.63) is 54.1 Å². The molecule has 2 aromatic rings. The number of hydrogen-bond donors (Lipinski definition) is 0. The van der Waals surface area contributed by atoms with E-state index in [9.17, 15) is 9.59 Å². The molecule has 6 heteroatoms. The van der Waals surface area contributed by atoms with Crippen LogP contribution in [-0.2, 0) is 4.79 Å². The summed E-state index contributed by atoms with van der Waals surface area (Å²) in [6, 6.07) is 16.6. The van der Waals surface area contributed by atoms with Crippen LogP contribution in [0.2, 0.25) is 0 Å². The van der Waals surface area contributed by atoms with E-state index in [2.05, 4.69) is 6.07 Å². The molecule has 0 radical (unpaired) electrons. The Labute approximate surface area is 150 Å². The lowest BCUT2D eigenvalue weighted by molar-refractivity contribution is -0.134. The fraction of sp³-hybridized carbons (Fsp3) is 0.211. The molecule has 1 aliphatic heterocycles. The van der Waals surface area contributed by atoms with E-state index >= 15 is 0 Å². The topological polar surface area (TPSA) is 70.4 Å². The van der Waals surface area contributed by atoms with Crippen molar-refractivity contribution in [2.24, 2.45) is 0 Å². The fourth-order valence-electron chi connectivity index (χ4n) is 2.49. The molecule has 1 amide bonds. The third-order valence-corrected chi connectivity index (χ3v) is 4.76. The van der Waals surface area contributed by atoms with E-state index < -0.39 is 0 Å². The van der Waals surface area contributed by atoms with Crippen LogP contribution in [0.25, 0.3) is 11.1 Å². The van der Waals surface area contributed by atoms with Gasteiger partial charge >= 0.3 is 5.97 Å². The van der Waals surface area contributed by atoms with Gasteiger partial charge in [0.15, 0.2) is 0 Å². The van der Waals surface area contributed by atoms with Crippen LogP contribution in [0, 0.1) is 11.3 Å². The highest BCUT2D eigenvalue weighted by Gasteiger charge is 2.21. The van der Waals surface area contributed by atoms with Gasteiger partial charge in [-0.15, -0.1) is 0 Å². The molecular formula is C19H16N2O3S. The molecule has 0 aliphatic carbocycles. The predicted octanol–water partition coefficient (Wildman–Crippen LogP) is 3.69. The lowest BCUT2D eigenvalue weighted by Gasteiger charge is -2.13. The molecule has 25 heavy (non-hydrogen) atoms. The number of esters is 1. The van der Waals surface area contributed by atoms with Gasteiger partial charge in [0.05, 0.1) is 18.1 Å². The summed E-state index contributed by atoms with van der Waals surface area (Å²) < 4.78 is 5.31. The van der Waals surface area contributed by atoms with Gasteiger partial charge in [0.25, 0.3) is 5.24 Å². The fourth-order valence-corrected chi connectivity index (χ4v) is 3.34. The van der Waals surface area contributed by atoms with E-state index in [1.807, 2.05) is 24.3 Å². The third kappa shape index (κ3) is 4.40. The number of nitriles is 1. The van der Waals surface area contributed by atoms with Crippen LogP contribution in [0.4, 0.5) is 4.79 Å². The van der Waals surface area contributed by atoms with Gasteiger partial charge in [-0.25, -0.2) is 0 Å². The van der Waals surface area contributed by atoms with Crippen molar-refractivity contribution < 1.29 is 14.3 Å². The second-order valence-corrected chi connectivity index (χ2v) is 6.59. The van der Waals surface area contributed by atoms with E-state index in [-0.39, 0.29) is 17.6 Å². The van der Waals surface area contributed by atoms with E-state index in [4.69, 9.17) is 10.00 Å². The van der Waals surface area contributed by atoms with Crippen LogP contribution >= 0.6 is 11.8 Å². The van der Waals surface area contributed by atoms with E-state index in [0.29, 0.717) is 24.4 Å². The number of ether oxygens (including phenoxy) is 1. The molecule has 1 saturated heterocycles. The number of hydrogen-bond acceptors (Lipinski definition) is 5. The molecule has 1 aliphatic rings. The first kappa shape index (κ1) is 17.1. The second-order valence-electron chi connectivity index (χ2n) is 5.54. The summed E-state index contributed by atoms with van der Waals surface area (Å²) >= 11 is 1.28. The number of nitrogens with zero attached hydrogens (tertiary/aromatic N) is 2. The Balaban J connectivity index is 1.55. The zero-order chi connectivity index (χ0) is 17.6. The van der Waals surface area contributed by atoms with Crippen LogP contribution in [0.15, 0.2) is 48.5 Å². The zero-order valence-corrected chi connectivity index (χ0v) is 14.3. The maximum atomic E-state index is 11.9. The quantitative estimate of drug-likeness (QED) is 0.606. The minimum Gasteiger partial charge on any atom is -0.426 e. The Morgan fingerprint density at radius 1 is 1.12 bits per heavy atom. The normalized spacial score (nSPS) is 13.6. The molecule has 0 bridgehead atoms. The highest BCUT2D eigenvalue weighted by Crippen LogP contribution is 2.23. The highest BCUT2D eigenvalue weighted by molar-refractivity contribution is 8.13. The second kappa shape index (κ2) is 7.86. The van der Waals surface area contributed by atoms with Gasteiger partial charge in [-0.05, 0) is 35.4 Å². The lowest BCUT2D eigenvalue weighted by Crippen LogP contribution is -2.27. The van der Waals surface area contributed by atoms with Crippen LogP contribution < -0.4 is 4.74 Å². The lowest BCUT2D eigenvalue weighted by atomic mass is 10.0. The van der Waals surface area contributed by atoms with Crippen LogP contribution in [0.5, 0.6) is 5.75 Å². The van der Waals surface area contributed by atoms with Gasteiger partial charge in [-0.3, -0.25) is 9.59 Å². The minimum absolute atomic E-state index is 0.0274. The first-order valence-electron chi connectivity index (χ1n) is 7.89. The largest absolute Gasteiger partial charge is 0.426 e. The molecule has 0 spiro atoms. The first-order valence-corrected chi connectivity index (χ1v) is 8.87. The van der Waals surface area contributed by atoms with Crippen LogP contribution in [0.3, 0.4) is 0 Å². The van der Waals surface area contributed by atoms with E-state index in [1.165, 1.54) is 11.8 Å². The standard InChI is InChI=1S/C19H16N2O3S/c20-13-14-1-3-15(4-2-14)16-5-7-17(8-6-16)24-18(22)9-10-21-11-12-25-19(21)23/h1-8H,9-12H2. The average Bonchev–Trinajstić information content (AvgIpc) is 3.06. The van der Waals surface area contributed by atoms with Crippen molar-refractivity contribution in [2.45, 2.75) is 6.42 Å². The molecule has 1 fully saturated rings. The number of carbonyl (C=O) groups is 2. The van der Waals surface area contributed by atoms with Crippen molar-refractivity contribution in [2.75, 3.05) is 18.8 Å². The summed E-state index contributed by atoms with van der Waals surface area (Å²) in [5.74, 6) is 0.908. The number of benzene rings is 2. The number of rotatable bonds is 5. The summed E-state index contributed by atoms with van der Waals surface area (Å²) in [7, 11) is 0. The number of thioether (sulfide) groups is 1. The molecule has 5 nitrogen and oxygen atoms in total. The summed E-state index contributed by atoms with van der Waals surface area (Å²) in [6.45, 7) is 1.09. The number of amides is 1. The zero-order valence-electron chi connectivity index (χ0n) is 13.5. The number of carbonyl (C=O) groups excluding carboxylic acids is 2. The Morgan fingerprint density at radius 2 is 1.76 bits per heavy atom. The van der Waals surface area contributed by atoms with Crippen LogP contribution in [0.1, 0.15) is 12.0 Å². The molecule has 0 saturated carbocycles. The minimum atomic E-state index is -0.351. The predicted molar refractivity (Wildman–Crippen MR) is 96.3 cm³/mol. The molecule has 0 unspecified atom stereocenters. The van der Waals surface area contributed by atoms with Crippen molar-refractivity contribution >= 4 is 23.0 Å². The van der Waals surface area contributed by atoms with Crippen molar-refractivity contribution in [1.82, 2.24) is 4.90 Å². The van der Waals surface area contributed by atoms with E-state index in [1.54, 1.807) is 29.2 Å². The van der Waals surface area contributed by atoms with Gasteiger partial charge in [0.2, 0.25) is 0 Å². The highest BCUT2D eigenvalue weighted by atomic mass is 32.2. The monoisotopic (exact) mass is 352 g/mol. The summed E-state index contributed by atoms with van der Waals surface area (Å²) in [4.78, 5) is 25.0. The summed E-state index contributed by atoms with van der Waals surface area (Å²) in [5.41, 5.74) is 2.58. The van der Waals surface area contributed by atoms with Gasteiger partial charge in [0.1, 0.15) is 5.75 Å². The van der Waals surface area contributed by atoms with E-state index in [0.717, 1.165) is 16.9 Å². The molecule has 3 rings (SSSR count). The summed E-state index contributed by atoms with van der Waals surface area (Å²) in [5, 5.41) is 8.85. The molecule has 0 N–H and O–H groups in total. The summed E-state index contributed by atoms with van der Waals surface area (Å²) in [6.07, 6.45) is 0.184. The van der Waals surface area contributed by atoms with Gasteiger partial charge in [0, 0.05) is 18.8 Å². The molecule has 0 atom stereocenters.